The molecule has 0 radical (unpaired) electrons. The van der Waals surface area contributed by atoms with Gasteiger partial charge in [0.15, 0.2) is 5.16 Å². The van der Waals surface area contributed by atoms with Crippen molar-refractivity contribution >= 4 is 34.3 Å². The van der Waals surface area contributed by atoms with Gasteiger partial charge in [-0.05, 0) is 50.7 Å². The first-order valence-corrected chi connectivity index (χ1v) is 12.6. The number of carbonyl (C=O) groups is 1. The van der Waals surface area contributed by atoms with Crippen LogP contribution >= 0.6 is 11.8 Å². The molecule has 4 rings (SSSR count). The summed E-state index contributed by atoms with van der Waals surface area (Å²) in [7, 11) is 1.65. The van der Waals surface area contributed by atoms with E-state index in [1.54, 1.807) is 11.7 Å². The molecule has 0 saturated heterocycles. The van der Waals surface area contributed by atoms with E-state index in [2.05, 4.69) is 23.2 Å². The summed E-state index contributed by atoms with van der Waals surface area (Å²) >= 11 is 1.37. The lowest BCUT2D eigenvalue weighted by molar-refractivity contribution is -0.126. The van der Waals surface area contributed by atoms with Crippen LogP contribution in [0.4, 0.5) is 0 Å². The van der Waals surface area contributed by atoms with Gasteiger partial charge in [-0.3, -0.25) is 18.6 Å². The van der Waals surface area contributed by atoms with Crippen LogP contribution in [-0.2, 0) is 16.1 Å². The van der Waals surface area contributed by atoms with Gasteiger partial charge in [-0.15, -0.1) is 10.2 Å². The molecule has 0 bridgehead atoms. The highest BCUT2D eigenvalue weighted by atomic mass is 32.2. The van der Waals surface area contributed by atoms with Gasteiger partial charge in [0.25, 0.3) is 5.56 Å². The molecule has 1 aliphatic rings. The van der Waals surface area contributed by atoms with Crippen LogP contribution in [0.15, 0.2) is 46.0 Å². The average Bonchev–Trinajstić information content (AvgIpc) is 3.27. The highest BCUT2D eigenvalue weighted by molar-refractivity contribution is 7.99. The van der Waals surface area contributed by atoms with Crippen molar-refractivity contribution in [3.8, 4) is 0 Å². The Morgan fingerprint density at radius 1 is 1.24 bits per heavy atom. The number of para-hydroxylation sites is 1. The molecule has 1 amide bonds. The molecule has 3 aromatic rings. The molecule has 0 spiro atoms. The Bertz CT molecular complexity index is 1220. The highest BCUT2D eigenvalue weighted by Gasteiger charge is 2.21. The second kappa shape index (κ2) is 11.0. The van der Waals surface area contributed by atoms with E-state index >= 15 is 0 Å². The molecule has 0 atom stereocenters. The predicted molar refractivity (Wildman–Crippen MR) is 131 cm³/mol. The molecule has 0 aliphatic heterocycles. The van der Waals surface area contributed by atoms with E-state index in [-0.39, 0.29) is 17.2 Å². The lowest BCUT2D eigenvalue weighted by Crippen LogP contribution is -2.33. The fourth-order valence-corrected chi connectivity index (χ4v) is 5.13. The summed E-state index contributed by atoms with van der Waals surface area (Å²) in [5, 5.41) is 9.92. The van der Waals surface area contributed by atoms with Crippen LogP contribution in [0.3, 0.4) is 0 Å². The molecule has 0 fully saturated rings. The smallest absolute Gasteiger partial charge is 0.262 e. The maximum absolute atomic E-state index is 13.2. The first-order chi connectivity index (χ1) is 16.2. The zero-order valence-corrected chi connectivity index (χ0v) is 20.1. The zero-order valence-electron chi connectivity index (χ0n) is 19.3. The molecule has 0 saturated carbocycles. The molecular formula is C24H31N5O3S. The number of hydrogen-bond donors (Lipinski definition) is 0. The number of aryl methyl sites for hydroxylation is 1. The van der Waals surface area contributed by atoms with E-state index in [1.807, 2.05) is 33.6 Å². The topological polar surface area (TPSA) is 81.7 Å². The van der Waals surface area contributed by atoms with Crippen molar-refractivity contribution in [2.24, 2.45) is 0 Å². The fraction of sp³-hybridized carbons (Fsp3) is 0.500. The largest absolute Gasteiger partial charge is 0.385 e. The third-order valence-electron chi connectivity index (χ3n) is 5.90. The van der Waals surface area contributed by atoms with Gasteiger partial charge in [0.2, 0.25) is 11.7 Å². The third kappa shape index (κ3) is 4.99. The second-order valence-corrected chi connectivity index (χ2v) is 9.16. The summed E-state index contributed by atoms with van der Waals surface area (Å²) in [6.45, 7) is 3.87. The molecular weight excluding hydrogens is 438 g/mol. The fourth-order valence-electron chi connectivity index (χ4n) is 4.32. The molecule has 1 aromatic carbocycles. The summed E-state index contributed by atoms with van der Waals surface area (Å²) in [6, 6.07) is 7.47. The quantitative estimate of drug-likeness (QED) is 0.331. The van der Waals surface area contributed by atoms with Gasteiger partial charge in [0.1, 0.15) is 0 Å². The maximum Gasteiger partial charge on any atom is 0.262 e. The summed E-state index contributed by atoms with van der Waals surface area (Å²) in [4.78, 5) is 28.2. The number of thioether (sulfide) groups is 1. The van der Waals surface area contributed by atoms with Crippen molar-refractivity contribution in [3.05, 3.63) is 46.4 Å². The van der Waals surface area contributed by atoms with Gasteiger partial charge in [-0.1, -0.05) is 36.9 Å². The number of methoxy groups -OCH3 is 1. The Balaban J connectivity index is 1.65. The summed E-state index contributed by atoms with van der Waals surface area (Å²) in [5.74, 6) is 0.851. The average molecular weight is 470 g/mol. The Kier molecular flexibility index (Phi) is 7.82. The van der Waals surface area contributed by atoms with Gasteiger partial charge in [-0.25, -0.2) is 0 Å². The van der Waals surface area contributed by atoms with E-state index in [1.165, 1.54) is 18.2 Å². The number of fused-ring (bicyclic) bond motifs is 3. The minimum atomic E-state index is -0.0902. The number of benzene rings is 1. The lowest BCUT2D eigenvalue weighted by atomic mass is 10.0. The monoisotopic (exact) mass is 469 g/mol. The van der Waals surface area contributed by atoms with Crippen LogP contribution in [0.2, 0.25) is 0 Å². The molecule has 0 unspecified atom stereocenters. The minimum absolute atomic E-state index is 0.0875. The molecule has 176 valence electrons. The first kappa shape index (κ1) is 23.5. The number of aromatic nitrogens is 4. The van der Waals surface area contributed by atoms with E-state index in [0.717, 1.165) is 43.4 Å². The molecule has 2 aromatic heterocycles. The number of rotatable bonds is 10. The van der Waals surface area contributed by atoms with Gasteiger partial charge in [0, 0.05) is 32.5 Å². The SMILES string of the molecule is CCCN(C(=O)CSc1nnc2n(CCCOC)c(=O)c3ccccc3n12)C1=CCCCC1. The van der Waals surface area contributed by atoms with Gasteiger partial charge in [-0.2, -0.15) is 0 Å². The number of carbonyl (C=O) groups excluding carboxylic acids is 1. The van der Waals surface area contributed by atoms with Gasteiger partial charge < -0.3 is 9.64 Å². The summed E-state index contributed by atoms with van der Waals surface area (Å²) < 4.78 is 8.70. The summed E-state index contributed by atoms with van der Waals surface area (Å²) in [6.07, 6.45) is 8.14. The van der Waals surface area contributed by atoms with Crippen LogP contribution < -0.4 is 5.56 Å². The van der Waals surface area contributed by atoms with Crippen LogP contribution in [0, 0.1) is 0 Å². The Labute approximate surface area is 197 Å². The lowest BCUT2D eigenvalue weighted by Gasteiger charge is -2.27. The number of nitrogens with zero attached hydrogens (tertiary/aromatic N) is 5. The Hall–Kier alpha value is -2.65. The van der Waals surface area contributed by atoms with E-state index < -0.39 is 0 Å². The van der Waals surface area contributed by atoms with Crippen molar-refractivity contribution < 1.29 is 9.53 Å². The number of allylic oxidation sites excluding steroid dienone is 2. The molecule has 8 nitrogen and oxygen atoms in total. The Morgan fingerprint density at radius 2 is 2.09 bits per heavy atom. The van der Waals surface area contributed by atoms with Crippen LogP contribution in [-0.4, -0.2) is 56.0 Å². The molecule has 1 aliphatic carbocycles. The predicted octanol–water partition coefficient (Wildman–Crippen LogP) is 3.87. The van der Waals surface area contributed by atoms with Crippen molar-refractivity contribution in [1.82, 2.24) is 24.1 Å². The Morgan fingerprint density at radius 3 is 2.85 bits per heavy atom. The van der Waals surface area contributed by atoms with Crippen LogP contribution in [0.1, 0.15) is 45.4 Å². The number of ether oxygens (including phenoxy) is 1. The van der Waals surface area contributed by atoms with Crippen molar-refractivity contribution in [2.45, 2.75) is 57.1 Å². The van der Waals surface area contributed by atoms with Crippen molar-refractivity contribution in [2.75, 3.05) is 26.0 Å². The maximum atomic E-state index is 13.2. The number of hydrogen-bond acceptors (Lipinski definition) is 6. The first-order valence-electron chi connectivity index (χ1n) is 11.6. The van der Waals surface area contributed by atoms with E-state index in [0.29, 0.717) is 35.9 Å². The van der Waals surface area contributed by atoms with Crippen LogP contribution in [0.5, 0.6) is 0 Å². The van der Waals surface area contributed by atoms with Crippen molar-refractivity contribution in [3.63, 3.8) is 0 Å². The van der Waals surface area contributed by atoms with Crippen molar-refractivity contribution in [1.29, 1.82) is 0 Å². The van der Waals surface area contributed by atoms with Gasteiger partial charge in [0.05, 0.1) is 16.7 Å². The molecule has 33 heavy (non-hydrogen) atoms. The standard InChI is InChI=1S/C24H31N5O3S/c1-3-14-27(18-10-5-4-6-11-18)21(30)17-33-24-26-25-23-28(15-9-16-32-2)22(31)19-12-7-8-13-20(19)29(23)24/h7-8,10,12-13H,3-6,9,11,14-17H2,1-2H3. The van der Waals surface area contributed by atoms with E-state index in [9.17, 15) is 9.59 Å². The van der Waals surface area contributed by atoms with E-state index in [4.69, 9.17) is 4.74 Å². The molecule has 2 heterocycles. The highest BCUT2D eigenvalue weighted by Crippen LogP contribution is 2.25. The zero-order chi connectivity index (χ0) is 23.2. The molecule has 9 heteroatoms. The normalized spacial score (nSPS) is 14.1. The second-order valence-electron chi connectivity index (χ2n) is 8.21. The number of amides is 1. The molecule has 0 N–H and O–H groups in total. The minimum Gasteiger partial charge on any atom is -0.385 e. The van der Waals surface area contributed by atoms with Crippen LogP contribution in [0.25, 0.3) is 16.7 Å². The summed E-state index contributed by atoms with van der Waals surface area (Å²) in [5.41, 5.74) is 1.81. The van der Waals surface area contributed by atoms with Gasteiger partial charge >= 0.3 is 0 Å². The third-order valence-corrected chi connectivity index (χ3v) is 6.81.